The van der Waals surface area contributed by atoms with Crippen molar-refractivity contribution in [3.05, 3.63) is 23.2 Å². The van der Waals surface area contributed by atoms with Crippen molar-refractivity contribution in [2.45, 2.75) is 71.9 Å². The van der Waals surface area contributed by atoms with Crippen molar-refractivity contribution in [1.29, 1.82) is 0 Å². The van der Waals surface area contributed by atoms with E-state index in [4.69, 9.17) is 4.42 Å². The Morgan fingerprint density at radius 3 is 2.55 bits per heavy atom. The molecule has 0 unspecified atom stereocenters. The third-order valence-electron chi connectivity index (χ3n) is 6.31. The van der Waals surface area contributed by atoms with Crippen molar-refractivity contribution in [3.63, 3.8) is 0 Å². The number of furan rings is 1. The second-order valence-corrected chi connectivity index (χ2v) is 9.51. The van der Waals surface area contributed by atoms with Crippen LogP contribution in [0.15, 0.2) is 10.5 Å². The molecule has 186 valence electrons. The van der Waals surface area contributed by atoms with E-state index in [9.17, 15) is 14.4 Å². The summed E-state index contributed by atoms with van der Waals surface area (Å²) in [4.78, 5) is 42.6. The molecule has 2 fully saturated rings. The molecule has 33 heavy (non-hydrogen) atoms. The second-order valence-electron chi connectivity index (χ2n) is 9.51. The number of rotatable bonds is 3. The number of fused-ring (bicyclic) bond motifs is 2. The lowest BCUT2D eigenvalue weighted by Crippen LogP contribution is -2.44. The molecule has 3 rings (SSSR count). The van der Waals surface area contributed by atoms with Crippen molar-refractivity contribution in [2.24, 2.45) is 5.92 Å². The maximum atomic E-state index is 13.2. The van der Waals surface area contributed by atoms with Gasteiger partial charge < -0.3 is 24.9 Å². The Kier molecular flexibility index (Phi) is 10.2. The average molecular weight is 483 g/mol. The lowest BCUT2D eigenvalue weighted by molar-refractivity contribution is -0.134. The first kappa shape index (κ1) is 27.2. The molecule has 9 heteroatoms. The summed E-state index contributed by atoms with van der Waals surface area (Å²) in [6.45, 7) is 10.7. The zero-order valence-electron chi connectivity index (χ0n) is 20.3. The van der Waals surface area contributed by atoms with Gasteiger partial charge in [-0.15, -0.1) is 12.4 Å². The van der Waals surface area contributed by atoms with Gasteiger partial charge in [0, 0.05) is 45.2 Å². The minimum atomic E-state index is -0.248. The van der Waals surface area contributed by atoms with Gasteiger partial charge in [-0.3, -0.25) is 14.4 Å². The van der Waals surface area contributed by atoms with Gasteiger partial charge in [-0.2, -0.15) is 0 Å². The molecule has 2 bridgehead atoms. The predicted octanol–water partition coefficient (Wildman–Crippen LogP) is 2.67. The van der Waals surface area contributed by atoms with Crippen LogP contribution in [-0.4, -0.2) is 72.3 Å². The number of carbonyl (C=O) groups excluding carboxylic acids is 3. The number of hydrogen-bond donors (Lipinski definition) is 2. The number of carbonyl (C=O) groups is 3. The maximum Gasteiger partial charge on any atom is 0.257 e. The van der Waals surface area contributed by atoms with Gasteiger partial charge in [-0.25, -0.2) is 0 Å². The minimum absolute atomic E-state index is 0. The van der Waals surface area contributed by atoms with E-state index in [1.807, 2.05) is 37.5 Å². The van der Waals surface area contributed by atoms with Crippen molar-refractivity contribution in [3.8, 4) is 0 Å². The zero-order chi connectivity index (χ0) is 23.3. The Morgan fingerprint density at radius 1 is 1.15 bits per heavy atom. The number of halogens is 1. The number of nitrogens with one attached hydrogen (secondary N) is 2. The Morgan fingerprint density at radius 2 is 1.88 bits per heavy atom. The number of aryl methyl sites for hydroxylation is 2. The Labute approximate surface area is 203 Å². The molecule has 0 aromatic carbocycles. The summed E-state index contributed by atoms with van der Waals surface area (Å²) in [6.07, 6.45) is 3.45. The first-order chi connectivity index (χ1) is 15.3. The molecule has 1 aromatic rings. The predicted molar refractivity (Wildman–Crippen MR) is 130 cm³/mol. The van der Waals surface area contributed by atoms with Crippen LogP contribution in [0.2, 0.25) is 0 Å². The van der Waals surface area contributed by atoms with E-state index in [0.29, 0.717) is 63.3 Å². The smallest absolute Gasteiger partial charge is 0.257 e. The van der Waals surface area contributed by atoms with Gasteiger partial charge in [0.2, 0.25) is 11.8 Å². The van der Waals surface area contributed by atoms with Gasteiger partial charge in [0.1, 0.15) is 11.5 Å². The maximum absolute atomic E-state index is 13.2. The molecule has 2 aliphatic rings. The van der Waals surface area contributed by atoms with Crippen molar-refractivity contribution in [1.82, 2.24) is 20.4 Å². The van der Waals surface area contributed by atoms with Crippen LogP contribution in [0.25, 0.3) is 0 Å². The molecule has 0 saturated carbocycles. The summed E-state index contributed by atoms with van der Waals surface area (Å²) in [5.41, 5.74) is 0.604. The lowest BCUT2D eigenvalue weighted by Gasteiger charge is -2.31. The Hall–Kier alpha value is -2.06. The molecular weight excluding hydrogens is 444 g/mol. The monoisotopic (exact) mass is 482 g/mol. The minimum Gasteiger partial charge on any atom is -0.466 e. The lowest BCUT2D eigenvalue weighted by atomic mass is 10.1. The van der Waals surface area contributed by atoms with Crippen molar-refractivity contribution in [2.75, 3.05) is 32.7 Å². The van der Waals surface area contributed by atoms with E-state index in [1.54, 1.807) is 6.07 Å². The molecule has 8 nitrogen and oxygen atoms in total. The number of amides is 3. The van der Waals surface area contributed by atoms with E-state index < -0.39 is 0 Å². The van der Waals surface area contributed by atoms with E-state index in [-0.39, 0.29) is 48.1 Å². The normalized spacial score (nSPS) is 22.5. The topological polar surface area (TPSA) is 94.9 Å². The van der Waals surface area contributed by atoms with Crippen LogP contribution in [0.4, 0.5) is 0 Å². The molecule has 0 spiro atoms. The van der Waals surface area contributed by atoms with Crippen LogP contribution in [0.5, 0.6) is 0 Å². The number of hydrogen-bond acceptors (Lipinski definition) is 5. The molecule has 0 radical (unpaired) electrons. The van der Waals surface area contributed by atoms with Gasteiger partial charge in [0.05, 0.1) is 11.6 Å². The zero-order valence-corrected chi connectivity index (χ0v) is 21.1. The fraction of sp³-hybridized carbons (Fsp3) is 0.708. The van der Waals surface area contributed by atoms with Gasteiger partial charge in [0.25, 0.3) is 5.91 Å². The molecule has 1 aromatic heterocycles. The largest absolute Gasteiger partial charge is 0.466 e. The average Bonchev–Trinajstić information content (AvgIpc) is 3.33. The van der Waals surface area contributed by atoms with E-state index in [0.717, 1.165) is 18.6 Å². The summed E-state index contributed by atoms with van der Waals surface area (Å²) >= 11 is 0. The third-order valence-corrected chi connectivity index (χ3v) is 6.31. The highest BCUT2D eigenvalue weighted by Crippen LogP contribution is 2.20. The molecule has 3 heterocycles. The standard InChI is InChI=1S/C24H38N4O4.ClH/c1-16(2)12-22(29)28-11-7-10-27(24(31)20-13-17(3)32-18(20)4)9-6-5-8-25-23(30)21-14-19(28)15-26-21;/h13,16,19,21,26H,5-12,14-15H2,1-4H3,(H,25,30);1H/t19-,21-;/m0./s1. The van der Waals surface area contributed by atoms with Gasteiger partial charge >= 0.3 is 0 Å². The molecule has 2 atom stereocenters. The van der Waals surface area contributed by atoms with Crippen LogP contribution in [0, 0.1) is 19.8 Å². The quantitative estimate of drug-likeness (QED) is 0.690. The van der Waals surface area contributed by atoms with Crippen LogP contribution >= 0.6 is 12.4 Å². The summed E-state index contributed by atoms with van der Waals surface area (Å²) in [7, 11) is 0. The van der Waals surface area contributed by atoms with E-state index >= 15 is 0 Å². The number of nitrogens with zero attached hydrogens (tertiary/aromatic N) is 2. The van der Waals surface area contributed by atoms with Crippen molar-refractivity contribution >= 4 is 30.1 Å². The highest BCUT2D eigenvalue weighted by atomic mass is 35.5. The van der Waals surface area contributed by atoms with E-state index in [1.165, 1.54) is 0 Å². The molecule has 3 amide bonds. The van der Waals surface area contributed by atoms with Crippen LogP contribution in [-0.2, 0) is 9.59 Å². The van der Waals surface area contributed by atoms with Gasteiger partial charge in [0.15, 0.2) is 0 Å². The Balaban J connectivity index is 0.00000385. The van der Waals surface area contributed by atoms with Gasteiger partial charge in [-0.05, 0) is 51.5 Å². The molecule has 2 aliphatic heterocycles. The van der Waals surface area contributed by atoms with Crippen LogP contribution < -0.4 is 10.6 Å². The summed E-state index contributed by atoms with van der Waals surface area (Å²) in [5, 5.41) is 6.30. The highest BCUT2D eigenvalue weighted by molar-refractivity contribution is 5.95. The molecule has 2 saturated heterocycles. The fourth-order valence-corrected chi connectivity index (χ4v) is 4.65. The van der Waals surface area contributed by atoms with Crippen LogP contribution in [0.1, 0.15) is 67.8 Å². The molecule has 2 N–H and O–H groups in total. The first-order valence-electron chi connectivity index (χ1n) is 11.9. The van der Waals surface area contributed by atoms with E-state index in [2.05, 4.69) is 10.6 Å². The van der Waals surface area contributed by atoms with Gasteiger partial charge in [-0.1, -0.05) is 13.8 Å². The summed E-state index contributed by atoms with van der Waals surface area (Å²) in [5.74, 6) is 1.73. The highest BCUT2D eigenvalue weighted by Gasteiger charge is 2.35. The Bertz CT molecular complexity index is 825. The third kappa shape index (κ3) is 7.21. The summed E-state index contributed by atoms with van der Waals surface area (Å²) in [6, 6.07) is 1.55. The van der Waals surface area contributed by atoms with Crippen LogP contribution in [0.3, 0.4) is 0 Å². The molecule has 0 aliphatic carbocycles. The summed E-state index contributed by atoms with van der Waals surface area (Å²) < 4.78 is 5.57. The first-order valence-corrected chi connectivity index (χ1v) is 11.9. The van der Waals surface area contributed by atoms with Crippen molar-refractivity contribution < 1.29 is 18.8 Å². The fourth-order valence-electron chi connectivity index (χ4n) is 4.65. The second kappa shape index (κ2) is 12.4. The molecular formula is C24H39ClN4O4. The SMILES string of the molecule is Cc1cc(C(=O)N2CCCCNC(=O)[C@@H]3C[C@@H](CN3)N(C(=O)CC(C)C)CCC2)c(C)o1.Cl.